The van der Waals surface area contributed by atoms with E-state index in [4.69, 9.17) is 9.15 Å². The number of rotatable bonds is 6. The fourth-order valence-electron chi connectivity index (χ4n) is 2.45. The molecule has 2 heterocycles. The normalized spacial score (nSPS) is 12.3. The molecule has 0 aliphatic rings. The first kappa shape index (κ1) is 16.5. The van der Waals surface area contributed by atoms with Crippen LogP contribution in [0.15, 0.2) is 40.8 Å². The number of aliphatic hydroxyl groups is 1. The van der Waals surface area contributed by atoms with Crippen LogP contribution < -0.4 is 10.1 Å². The van der Waals surface area contributed by atoms with Crippen LogP contribution in [0, 0.1) is 0 Å². The van der Waals surface area contributed by atoms with Crippen LogP contribution in [0.2, 0.25) is 0 Å². The highest BCUT2D eigenvalue weighted by molar-refractivity contribution is 7.12. The van der Waals surface area contributed by atoms with E-state index in [-0.39, 0.29) is 11.7 Å². The number of hydrogen-bond donors (Lipinski definition) is 2. The van der Waals surface area contributed by atoms with Crippen molar-refractivity contribution in [1.82, 2.24) is 5.32 Å². The lowest BCUT2D eigenvalue weighted by Crippen LogP contribution is -2.25. The lowest BCUT2D eigenvalue weighted by molar-refractivity contribution is 0.0928. The number of fused-ring (bicyclic) bond motifs is 1. The van der Waals surface area contributed by atoms with Crippen LogP contribution in [-0.2, 0) is 6.42 Å². The van der Waals surface area contributed by atoms with Gasteiger partial charge in [0.05, 0.1) is 13.2 Å². The number of carbonyl (C=O) groups is 1. The van der Waals surface area contributed by atoms with Gasteiger partial charge >= 0.3 is 0 Å². The molecular formula is C18H19NO4S. The number of amides is 1. The van der Waals surface area contributed by atoms with E-state index in [1.807, 2.05) is 24.3 Å². The summed E-state index contributed by atoms with van der Waals surface area (Å²) in [5, 5.41) is 13.2. The molecule has 1 aromatic carbocycles. The molecule has 2 aromatic heterocycles. The molecule has 1 amide bonds. The number of aliphatic hydroxyl groups excluding tert-OH is 1. The summed E-state index contributed by atoms with van der Waals surface area (Å²) in [5.41, 5.74) is 0.574. The molecular weight excluding hydrogens is 326 g/mol. The highest BCUT2D eigenvalue weighted by Crippen LogP contribution is 2.28. The standard InChI is InChI=1S/C18H19NO4S/c1-11(20)16-7-6-13(24-16)8-9-19-18(21)15-10-12-4-3-5-14(22-2)17(12)23-15/h3-7,10-11,20H,8-9H2,1-2H3,(H,19,21)/t11-/m0/s1. The van der Waals surface area contributed by atoms with E-state index >= 15 is 0 Å². The summed E-state index contributed by atoms with van der Waals surface area (Å²) in [6.07, 6.45) is 0.260. The van der Waals surface area contributed by atoms with Gasteiger partial charge in [-0.15, -0.1) is 11.3 Å². The van der Waals surface area contributed by atoms with Crippen molar-refractivity contribution in [3.8, 4) is 5.75 Å². The molecule has 0 aliphatic carbocycles. The summed E-state index contributed by atoms with van der Waals surface area (Å²) < 4.78 is 10.9. The Morgan fingerprint density at radius 3 is 2.92 bits per heavy atom. The zero-order valence-corrected chi connectivity index (χ0v) is 14.4. The van der Waals surface area contributed by atoms with Gasteiger partial charge in [-0.25, -0.2) is 0 Å². The van der Waals surface area contributed by atoms with Crippen LogP contribution in [0.5, 0.6) is 5.75 Å². The quantitative estimate of drug-likeness (QED) is 0.717. The van der Waals surface area contributed by atoms with E-state index < -0.39 is 6.10 Å². The van der Waals surface area contributed by atoms with Gasteiger partial charge in [-0.3, -0.25) is 4.79 Å². The van der Waals surface area contributed by atoms with Crippen LogP contribution in [0.25, 0.3) is 11.0 Å². The number of carbonyl (C=O) groups excluding carboxylic acids is 1. The van der Waals surface area contributed by atoms with Crippen molar-refractivity contribution in [1.29, 1.82) is 0 Å². The predicted octanol–water partition coefficient (Wildman–Crippen LogP) is 3.53. The number of methoxy groups -OCH3 is 1. The highest BCUT2D eigenvalue weighted by Gasteiger charge is 2.14. The minimum atomic E-state index is -0.455. The van der Waals surface area contributed by atoms with Gasteiger partial charge in [-0.1, -0.05) is 12.1 Å². The minimum Gasteiger partial charge on any atom is -0.493 e. The summed E-state index contributed by atoms with van der Waals surface area (Å²) in [4.78, 5) is 14.3. The average Bonchev–Trinajstić information content (AvgIpc) is 3.21. The Hall–Kier alpha value is -2.31. The minimum absolute atomic E-state index is 0.249. The van der Waals surface area contributed by atoms with E-state index in [2.05, 4.69) is 5.32 Å². The second-order valence-electron chi connectivity index (χ2n) is 5.48. The van der Waals surface area contributed by atoms with Crippen LogP contribution >= 0.6 is 11.3 Å². The average molecular weight is 345 g/mol. The molecule has 0 saturated carbocycles. The third-order valence-corrected chi connectivity index (χ3v) is 5.02. The van der Waals surface area contributed by atoms with Gasteiger partial charge < -0.3 is 19.6 Å². The topological polar surface area (TPSA) is 71.7 Å². The molecule has 3 aromatic rings. The molecule has 0 radical (unpaired) electrons. The van der Waals surface area contributed by atoms with E-state index in [1.54, 1.807) is 37.5 Å². The first-order valence-corrected chi connectivity index (χ1v) is 8.51. The van der Waals surface area contributed by atoms with E-state index in [9.17, 15) is 9.90 Å². The number of benzene rings is 1. The van der Waals surface area contributed by atoms with Crippen molar-refractivity contribution in [3.63, 3.8) is 0 Å². The summed E-state index contributed by atoms with van der Waals surface area (Å²) in [5.74, 6) is 0.627. The summed E-state index contributed by atoms with van der Waals surface area (Å²) in [7, 11) is 1.57. The monoisotopic (exact) mass is 345 g/mol. The molecule has 6 heteroatoms. The highest BCUT2D eigenvalue weighted by atomic mass is 32.1. The molecule has 2 N–H and O–H groups in total. The maximum Gasteiger partial charge on any atom is 0.287 e. The van der Waals surface area contributed by atoms with E-state index in [1.165, 1.54) is 0 Å². The van der Waals surface area contributed by atoms with Gasteiger partial charge in [0.25, 0.3) is 5.91 Å². The zero-order chi connectivity index (χ0) is 17.1. The molecule has 126 valence electrons. The molecule has 0 spiro atoms. The first-order valence-electron chi connectivity index (χ1n) is 7.70. The van der Waals surface area contributed by atoms with Crippen LogP contribution in [0.4, 0.5) is 0 Å². The Bertz CT molecular complexity index is 850. The second-order valence-corrected chi connectivity index (χ2v) is 6.68. The maximum absolute atomic E-state index is 12.2. The van der Waals surface area contributed by atoms with Gasteiger partial charge in [-0.05, 0) is 37.6 Å². The maximum atomic E-state index is 12.2. The van der Waals surface area contributed by atoms with Crippen molar-refractivity contribution in [2.24, 2.45) is 0 Å². The number of hydrogen-bond acceptors (Lipinski definition) is 5. The van der Waals surface area contributed by atoms with Gasteiger partial charge in [-0.2, -0.15) is 0 Å². The van der Waals surface area contributed by atoms with E-state index in [0.717, 1.165) is 15.1 Å². The van der Waals surface area contributed by atoms with Crippen molar-refractivity contribution in [2.75, 3.05) is 13.7 Å². The summed E-state index contributed by atoms with van der Waals surface area (Å²) in [6, 6.07) is 11.1. The van der Waals surface area contributed by atoms with Crippen molar-refractivity contribution in [2.45, 2.75) is 19.4 Å². The fraction of sp³-hybridized carbons (Fsp3) is 0.278. The third-order valence-electron chi connectivity index (χ3n) is 3.70. The van der Waals surface area contributed by atoms with Gasteiger partial charge in [0.2, 0.25) is 0 Å². The Morgan fingerprint density at radius 1 is 1.38 bits per heavy atom. The smallest absolute Gasteiger partial charge is 0.287 e. The third kappa shape index (κ3) is 3.44. The van der Waals surface area contributed by atoms with Crippen molar-refractivity contribution in [3.05, 3.63) is 51.9 Å². The largest absolute Gasteiger partial charge is 0.493 e. The van der Waals surface area contributed by atoms with Gasteiger partial charge in [0.1, 0.15) is 0 Å². The first-order chi connectivity index (χ1) is 11.6. The molecule has 0 bridgehead atoms. The predicted molar refractivity (Wildman–Crippen MR) is 93.8 cm³/mol. The molecule has 0 fully saturated rings. The summed E-state index contributed by atoms with van der Waals surface area (Å²) >= 11 is 1.56. The Morgan fingerprint density at radius 2 is 2.21 bits per heavy atom. The Kier molecular flexibility index (Phi) is 4.87. The number of furan rings is 1. The zero-order valence-electron chi connectivity index (χ0n) is 13.5. The molecule has 0 saturated heterocycles. The second kappa shape index (κ2) is 7.07. The van der Waals surface area contributed by atoms with Gasteiger partial charge in [0.15, 0.2) is 17.1 Å². The van der Waals surface area contributed by atoms with Crippen molar-refractivity contribution >= 4 is 28.2 Å². The number of ether oxygens (including phenoxy) is 1. The molecule has 0 unspecified atom stereocenters. The van der Waals surface area contributed by atoms with Crippen molar-refractivity contribution < 1.29 is 19.1 Å². The fourth-order valence-corrected chi connectivity index (χ4v) is 3.40. The number of nitrogens with one attached hydrogen (secondary N) is 1. The Labute approximate surface area is 143 Å². The lowest BCUT2D eigenvalue weighted by Gasteiger charge is -2.02. The molecule has 1 atom stereocenters. The molecule has 0 aliphatic heterocycles. The summed E-state index contributed by atoms with van der Waals surface area (Å²) in [6.45, 7) is 2.25. The van der Waals surface area contributed by atoms with Crippen LogP contribution in [-0.4, -0.2) is 24.7 Å². The molecule has 3 rings (SSSR count). The van der Waals surface area contributed by atoms with Crippen LogP contribution in [0.1, 0.15) is 33.3 Å². The van der Waals surface area contributed by atoms with E-state index in [0.29, 0.717) is 24.3 Å². The number of thiophene rings is 1. The molecule has 24 heavy (non-hydrogen) atoms. The molecule has 5 nitrogen and oxygen atoms in total. The lowest BCUT2D eigenvalue weighted by atomic mass is 10.2. The van der Waals surface area contributed by atoms with Crippen LogP contribution in [0.3, 0.4) is 0 Å². The van der Waals surface area contributed by atoms with Gasteiger partial charge in [0, 0.05) is 21.7 Å². The Balaban J connectivity index is 1.62. The number of para-hydroxylation sites is 1. The SMILES string of the molecule is COc1cccc2cc(C(=O)NCCc3ccc([C@H](C)O)s3)oc12.